The number of rotatable bonds is 3. The monoisotopic (exact) mass is 274 g/mol. The van der Waals surface area contributed by atoms with E-state index in [4.69, 9.17) is 0 Å². The number of imidazole rings is 1. The molecule has 4 nitrogen and oxygen atoms in total. The van der Waals surface area contributed by atoms with E-state index < -0.39 is 0 Å². The summed E-state index contributed by atoms with van der Waals surface area (Å²) in [4.78, 5) is 8.68. The van der Waals surface area contributed by atoms with Gasteiger partial charge in [-0.15, -0.1) is 12.4 Å². The molecule has 2 aromatic heterocycles. The molecule has 1 N–H and O–H groups in total. The Balaban J connectivity index is 0.00000133. The lowest BCUT2D eigenvalue weighted by atomic mass is 10.2. The molecule has 0 saturated heterocycles. The third-order valence-electron chi connectivity index (χ3n) is 2.97. The number of pyridine rings is 1. The molecule has 19 heavy (non-hydrogen) atoms. The number of nitrogens with zero attached hydrogens (tertiary/aromatic N) is 3. The summed E-state index contributed by atoms with van der Waals surface area (Å²) >= 11 is 0. The van der Waals surface area contributed by atoms with Crippen LogP contribution in [-0.2, 0) is 6.54 Å². The molecule has 98 valence electrons. The summed E-state index contributed by atoms with van der Waals surface area (Å²) in [6, 6.07) is 12.4. The van der Waals surface area contributed by atoms with Gasteiger partial charge in [0.1, 0.15) is 5.52 Å². The number of anilines is 1. The molecular weight excluding hydrogens is 260 g/mol. The maximum absolute atomic E-state index is 4.42. The second-order valence-electron chi connectivity index (χ2n) is 4.14. The zero-order chi connectivity index (χ0) is 12.4. The fraction of sp³-hybridized carbons (Fsp3) is 0.143. The number of hydrogen-bond donors (Lipinski definition) is 1. The first kappa shape index (κ1) is 13.4. The fourth-order valence-electron chi connectivity index (χ4n) is 2.08. The van der Waals surface area contributed by atoms with Gasteiger partial charge >= 0.3 is 0 Å². The Labute approximate surface area is 117 Å². The predicted octanol–water partition coefficient (Wildman–Crippen LogP) is 2.94. The van der Waals surface area contributed by atoms with Gasteiger partial charge in [0, 0.05) is 19.8 Å². The van der Waals surface area contributed by atoms with E-state index in [0.717, 1.165) is 23.4 Å². The van der Waals surface area contributed by atoms with Crippen molar-refractivity contribution in [2.45, 2.75) is 6.54 Å². The van der Waals surface area contributed by atoms with Crippen molar-refractivity contribution in [2.24, 2.45) is 0 Å². The highest BCUT2D eigenvalue weighted by Crippen LogP contribution is 2.19. The van der Waals surface area contributed by atoms with Gasteiger partial charge in [-0.2, -0.15) is 0 Å². The van der Waals surface area contributed by atoms with E-state index in [2.05, 4.69) is 44.1 Å². The van der Waals surface area contributed by atoms with Gasteiger partial charge in [0.05, 0.1) is 11.8 Å². The molecule has 3 rings (SSSR count). The van der Waals surface area contributed by atoms with Crippen molar-refractivity contribution in [1.29, 1.82) is 0 Å². The van der Waals surface area contributed by atoms with Crippen molar-refractivity contribution in [1.82, 2.24) is 14.5 Å². The third kappa shape index (κ3) is 2.53. The van der Waals surface area contributed by atoms with Gasteiger partial charge in [-0.1, -0.05) is 30.3 Å². The third-order valence-corrected chi connectivity index (χ3v) is 2.97. The molecule has 0 amide bonds. The SMILES string of the molecule is CNc1nccc2c1ncn2Cc1ccccc1.Cl. The van der Waals surface area contributed by atoms with Gasteiger partial charge in [0.2, 0.25) is 0 Å². The van der Waals surface area contributed by atoms with E-state index >= 15 is 0 Å². The average molecular weight is 275 g/mol. The Morgan fingerprint density at radius 1 is 1.11 bits per heavy atom. The van der Waals surface area contributed by atoms with Crippen LogP contribution in [-0.4, -0.2) is 21.6 Å². The summed E-state index contributed by atoms with van der Waals surface area (Å²) in [5.41, 5.74) is 3.27. The van der Waals surface area contributed by atoms with E-state index in [0.29, 0.717) is 0 Å². The first-order valence-corrected chi connectivity index (χ1v) is 5.90. The summed E-state index contributed by atoms with van der Waals surface area (Å²) in [5, 5.41) is 3.06. The predicted molar refractivity (Wildman–Crippen MR) is 79.9 cm³/mol. The van der Waals surface area contributed by atoms with E-state index in [-0.39, 0.29) is 12.4 Å². The quantitative estimate of drug-likeness (QED) is 0.798. The molecular formula is C14H15ClN4. The second kappa shape index (κ2) is 5.71. The number of hydrogen-bond acceptors (Lipinski definition) is 3. The van der Waals surface area contributed by atoms with Crippen molar-refractivity contribution in [3.05, 3.63) is 54.5 Å². The van der Waals surface area contributed by atoms with Gasteiger partial charge in [-0.3, -0.25) is 0 Å². The number of benzene rings is 1. The van der Waals surface area contributed by atoms with Crippen LogP contribution in [0.3, 0.4) is 0 Å². The summed E-state index contributed by atoms with van der Waals surface area (Å²) in [6.45, 7) is 0.824. The number of nitrogens with one attached hydrogen (secondary N) is 1. The van der Waals surface area contributed by atoms with Crippen LogP contribution >= 0.6 is 12.4 Å². The van der Waals surface area contributed by atoms with E-state index in [9.17, 15) is 0 Å². The van der Waals surface area contributed by atoms with Crippen LogP contribution in [0, 0.1) is 0 Å². The highest BCUT2D eigenvalue weighted by Gasteiger charge is 2.07. The normalized spacial score (nSPS) is 10.2. The topological polar surface area (TPSA) is 42.7 Å². The minimum atomic E-state index is 0. The highest BCUT2D eigenvalue weighted by molar-refractivity contribution is 5.86. The fourth-order valence-corrected chi connectivity index (χ4v) is 2.08. The maximum atomic E-state index is 4.42. The first-order chi connectivity index (χ1) is 8.88. The number of halogens is 1. The molecule has 2 heterocycles. The Morgan fingerprint density at radius 3 is 2.63 bits per heavy atom. The minimum Gasteiger partial charge on any atom is -0.371 e. The largest absolute Gasteiger partial charge is 0.371 e. The van der Waals surface area contributed by atoms with Crippen LogP contribution in [0.4, 0.5) is 5.82 Å². The first-order valence-electron chi connectivity index (χ1n) is 5.90. The van der Waals surface area contributed by atoms with Gasteiger partial charge in [-0.25, -0.2) is 9.97 Å². The zero-order valence-electron chi connectivity index (χ0n) is 10.6. The lowest BCUT2D eigenvalue weighted by molar-refractivity contribution is 0.824. The maximum Gasteiger partial charge on any atom is 0.153 e. The van der Waals surface area contributed by atoms with Crippen molar-refractivity contribution in [2.75, 3.05) is 12.4 Å². The molecule has 0 radical (unpaired) electrons. The molecule has 3 aromatic rings. The van der Waals surface area contributed by atoms with Crippen LogP contribution in [0.15, 0.2) is 48.9 Å². The lowest BCUT2D eigenvalue weighted by Gasteiger charge is -2.05. The minimum absolute atomic E-state index is 0. The molecule has 0 bridgehead atoms. The van der Waals surface area contributed by atoms with Gasteiger partial charge in [0.15, 0.2) is 5.82 Å². The molecule has 0 atom stereocenters. The Kier molecular flexibility index (Phi) is 4.02. The second-order valence-corrected chi connectivity index (χ2v) is 4.14. The van der Waals surface area contributed by atoms with Crippen LogP contribution in [0.2, 0.25) is 0 Å². The molecule has 5 heteroatoms. The van der Waals surface area contributed by atoms with Gasteiger partial charge in [0.25, 0.3) is 0 Å². The molecule has 0 aliphatic rings. The van der Waals surface area contributed by atoms with E-state index in [1.807, 2.05) is 25.5 Å². The van der Waals surface area contributed by atoms with Crippen LogP contribution in [0.5, 0.6) is 0 Å². The Bertz CT molecular complexity index is 664. The molecule has 0 aliphatic carbocycles. The standard InChI is InChI=1S/C14H14N4.ClH/c1-15-14-13-12(7-8-16-14)18(10-17-13)9-11-5-3-2-4-6-11;/h2-8,10H,9H2,1H3,(H,15,16);1H. The molecule has 1 aromatic carbocycles. The molecule has 0 spiro atoms. The molecule has 0 saturated carbocycles. The average Bonchev–Trinajstić information content (AvgIpc) is 2.83. The van der Waals surface area contributed by atoms with Crippen LogP contribution < -0.4 is 5.32 Å². The Hall–Kier alpha value is -2.07. The molecule has 0 aliphatic heterocycles. The highest BCUT2D eigenvalue weighted by atomic mass is 35.5. The summed E-state index contributed by atoms with van der Waals surface area (Å²) in [7, 11) is 1.86. The van der Waals surface area contributed by atoms with Crippen LogP contribution in [0.25, 0.3) is 11.0 Å². The lowest BCUT2D eigenvalue weighted by Crippen LogP contribution is -1.98. The van der Waals surface area contributed by atoms with Gasteiger partial charge in [-0.05, 0) is 11.6 Å². The van der Waals surface area contributed by atoms with E-state index in [1.54, 1.807) is 6.20 Å². The summed E-state index contributed by atoms with van der Waals surface area (Å²) < 4.78 is 2.13. The number of fused-ring (bicyclic) bond motifs is 1. The van der Waals surface area contributed by atoms with Crippen molar-refractivity contribution in [3.8, 4) is 0 Å². The molecule has 0 unspecified atom stereocenters. The molecule has 0 fully saturated rings. The summed E-state index contributed by atoms with van der Waals surface area (Å²) in [6.07, 6.45) is 3.66. The van der Waals surface area contributed by atoms with Crippen molar-refractivity contribution < 1.29 is 0 Å². The van der Waals surface area contributed by atoms with Gasteiger partial charge < -0.3 is 9.88 Å². The van der Waals surface area contributed by atoms with E-state index in [1.165, 1.54) is 5.56 Å². The smallest absolute Gasteiger partial charge is 0.153 e. The number of aromatic nitrogens is 3. The summed E-state index contributed by atoms with van der Waals surface area (Å²) in [5.74, 6) is 0.819. The zero-order valence-corrected chi connectivity index (χ0v) is 11.4. The van der Waals surface area contributed by atoms with Crippen molar-refractivity contribution >= 4 is 29.3 Å². The van der Waals surface area contributed by atoms with Crippen LogP contribution in [0.1, 0.15) is 5.56 Å². The Morgan fingerprint density at radius 2 is 1.89 bits per heavy atom. The van der Waals surface area contributed by atoms with Crippen molar-refractivity contribution in [3.63, 3.8) is 0 Å².